The van der Waals surface area contributed by atoms with Crippen LogP contribution in [0.4, 0.5) is 4.39 Å². The summed E-state index contributed by atoms with van der Waals surface area (Å²) in [7, 11) is 0. The highest BCUT2D eigenvalue weighted by molar-refractivity contribution is 9.10. The summed E-state index contributed by atoms with van der Waals surface area (Å²) in [5, 5.41) is 3.22. The van der Waals surface area contributed by atoms with Crippen molar-refractivity contribution in [3.8, 4) is 0 Å². The molecule has 84 valence electrons. The predicted octanol–water partition coefficient (Wildman–Crippen LogP) is 2.67. The number of morpholine rings is 1. The standard InChI is InChI=1S/C10H11BrFNO.ClH/c11-7-1-2-8(9(12)5-7)10-6-14-4-3-13-10;/h1-2,5,10,13H,3-4,6H2;1H. The van der Waals surface area contributed by atoms with Crippen LogP contribution in [0.5, 0.6) is 0 Å². The van der Waals surface area contributed by atoms with Gasteiger partial charge in [0.15, 0.2) is 0 Å². The van der Waals surface area contributed by atoms with Crippen LogP contribution < -0.4 is 5.32 Å². The minimum absolute atomic E-state index is 0. The van der Waals surface area contributed by atoms with Gasteiger partial charge in [-0.15, -0.1) is 12.4 Å². The summed E-state index contributed by atoms with van der Waals surface area (Å²) >= 11 is 3.23. The monoisotopic (exact) mass is 295 g/mol. The minimum atomic E-state index is -0.192. The van der Waals surface area contributed by atoms with Gasteiger partial charge in [-0.1, -0.05) is 22.0 Å². The first-order chi connectivity index (χ1) is 6.77. The first kappa shape index (κ1) is 12.9. The van der Waals surface area contributed by atoms with Crippen LogP contribution in [0.2, 0.25) is 0 Å². The van der Waals surface area contributed by atoms with Crippen LogP contribution >= 0.6 is 28.3 Å². The van der Waals surface area contributed by atoms with Crippen molar-refractivity contribution in [3.05, 3.63) is 34.1 Å². The van der Waals surface area contributed by atoms with Crippen molar-refractivity contribution in [1.29, 1.82) is 0 Å². The Morgan fingerprint density at radius 3 is 2.87 bits per heavy atom. The number of rotatable bonds is 1. The van der Waals surface area contributed by atoms with E-state index in [0.717, 1.165) is 11.0 Å². The number of halogens is 3. The van der Waals surface area contributed by atoms with Gasteiger partial charge in [-0.3, -0.25) is 0 Å². The molecule has 1 N–H and O–H groups in total. The van der Waals surface area contributed by atoms with Gasteiger partial charge in [0.25, 0.3) is 0 Å². The van der Waals surface area contributed by atoms with E-state index in [9.17, 15) is 4.39 Å². The molecule has 15 heavy (non-hydrogen) atoms. The predicted molar refractivity (Wildman–Crippen MR) is 62.9 cm³/mol. The van der Waals surface area contributed by atoms with E-state index in [0.29, 0.717) is 18.8 Å². The summed E-state index contributed by atoms with van der Waals surface area (Å²) in [6.07, 6.45) is 0. The van der Waals surface area contributed by atoms with Gasteiger partial charge >= 0.3 is 0 Å². The Kier molecular flexibility index (Phi) is 4.99. The second kappa shape index (κ2) is 5.80. The molecule has 0 saturated carbocycles. The van der Waals surface area contributed by atoms with Crippen LogP contribution in [0.15, 0.2) is 22.7 Å². The summed E-state index contributed by atoms with van der Waals surface area (Å²) < 4.78 is 19.5. The molecule has 1 heterocycles. The number of ether oxygens (including phenoxy) is 1. The fraction of sp³-hybridized carbons (Fsp3) is 0.400. The Morgan fingerprint density at radius 2 is 2.27 bits per heavy atom. The van der Waals surface area contributed by atoms with E-state index >= 15 is 0 Å². The summed E-state index contributed by atoms with van der Waals surface area (Å²) in [4.78, 5) is 0. The van der Waals surface area contributed by atoms with Crippen molar-refractivity contribution in [2.24, 2.45) is 0 Å². The van der Waals surface area contributed by atoms with Crippen molar-refractivity contribution in [1.82, 2.24) is 5.32 Å². The first-order valence-electron chi connectivity index (χ1n) is 4.53. The molecule has 0 aromatic heterocycles. The van der Waals surface area contributed by atoms with E-state index in [4.69, 9.17) is 4.74 Å². The SMILES string of the molecule is Cl.Fc1cc(Br)ccc1C1COCCN1. The zero-order valence-electron chi connectivity index (χ0n) is 8.00. The van der Waals surface area contributed by atoms with Crippen molar-refractivity contribution < 1.29 is 9.13 Å². The van der Waals surface area contributed by atoms with Gasteiger partial charge in [-0.25, -0.2) is 4.39 Å². The second-order valence-electron chi connectivity index (χ2n) is 3.25. The molecule has 0 spiro atoms. The van der Waals surface area contributed by atoms with E-state index in [-0.39, 0.29) is 24.3 Å². The molecule has 1 fully saturated rings. The molecule has 0 radical (unpaired) electrons. The Hall–Kier alpha value is -0.160. The van der Waals surface area contributed by atoms with Crippen LogP contribution in [0.3, 0.4) is 0 Å². The highest BCUT2D eigenvalue weighted by atomic mass is 79.9. The number of hydrogen-bond donors (Lipinski definition) is 1. The molecule has 1 aliphatic heterocycles. The summed E-state index contributed by atoms with van der Waals surface area (Å²) in [5.41, 5.74) is 0.674. The van der Waals surface area contributed by atoms with Gasteiger partial charge in [0.05, 0.1) is 19.3 Å². The molecule has 5 heteroatoms. The fourth-order valence-electron chi connectivity index (χ4n) is 1.55. The van der Waals surface area contributed by atoms with Crippen LogP contribution in [-0.2, 0) is 4.74 Å². The lowest BCUT2D eigenvalue weighted by Crippen LogP contribution is -2.35. The summed E-state index contributed by atoms with van der Waals surface area (Å²) in [6, 6.07) is 5.09. The van der Waals surface area contributed by atoms with Crippen LogP contribution in [0.25, 0.3) is 0 Å². The van der Waals surface area contributed by atoms with Gasteiger partial charge in [0.2, 0.25) is 0 Å². The average molecular weight is 297 g/mol. The molecule has 2 nitrogen and oxygen atoms in total. The quantitative estimate of drug-likeness (QED) is 0.860. The molecule has 1 aromatic carbocycles. The zero-order valence-corrected chi connectivity index (χ0v) is 10.4. The smallest absolute Gasteiger partial charge is 0.129 e. The Balaban J connectivity index is 0.00000112. The van der Waals surface area contributed by atoms with Gasteiger partial charge in [0, 0.05) is 16.6 Å². The molecule has 2 rings (SSSR count). The van der Waals surface area contributed by atoms with E-state index in [1.54, 1.807) is 6.07 Å². The lowest BCUT2D eigenvalue weighted by molar-refractivity contribution is 0.0757. The van der Waals surface area contributed by atoms with Crippen molar-refractivity contribution >= 4 is 28.3 Å². The zero-order chi connectivity index (χ0) is 9.97. The third kappa shape index (κ3) is 3.14. The Bertz CT molecular complexity index is 331. The first-order valence-corrected chi connectivity index (χ1v) is 5.33. The molecule has 1 aliphatic rings. The molecule has 1 aromatic rings. The molecular weight excluding hydrogens is 284 g/mol. The Morgan fingerprint density at radius 1 is 1.47 bits per heavy atom. The van der Waals surface area contributed by atoms with Crippen LogP contribution in [0.1, 0.15) is 11.6 Å². The van der Waals surface area contributed by atoms with E-state index < -0.39 is 0 Å². The van der Waals surface area contributed by atoms with Crippen LogP contribution in [-0.4, -0.2) is 19.8 Å². The molecule has 1 unspecified atom stereocenters. The summed E-state index contributed by atoms with van der Waals surface area (Å²) in [5.74, 6) is -0.192. The fourth-order valence-corrected chi connectivity index (χ4v) is 1.88. The normalized spacial score (nSPS) is 20.8. The average Bonchev–Trinajstić information content (AvgIpc) is 2.19. The van der Waals surface area contributed by atoms with Gasteiger partial charge in [0.1, 0.15) is 5.82 Å². The largest absolute Gasteiger partial charge is 0.378 e. The van der Waals surface area contributed by atoms with Crippen LogP contribution in [0, 0.1) is 5.82 Å². The van der Waals surface area contributed by atoms with E-state index in [2.05, 4.69) is 21.2 Å². The maximum absolute atomic E-state index is 13.5. The molecule has 1 saturated heterocycles. The van der Waals surface area contributed by atoms with Crippen molar-refractivity contribution in [3.63, 3.8) is 0 Å². The highest BCUT2D eigenvalue weighted by Gasteiger charge is 2.18. The summed E-state index contributed by atoms with van der Waals surface area (Å²) in [6.45, 7) is 2.02. The molecule has 0 bridgehead atoms. The van der Waals surface area contributed by atoms with E-state index in [1.807, 2.05) is 6.07 Å². The number of benzene rings is 1. The topological polar surface area (TPSA) is 21.3 Å². The lowest BCUT2D eigenvalue weighted by atomic mass is 10.1. The van der Waals surface area contributed by atoms with E-state index in [1.165, 1.54) is 6.07 Å². The number of nitrogens with one attached hydrogen (secondary N) is 1. The lowest BCUT2D eigenvalue weighted by Gasteiger charge is -2.24. The minimum Gasteiger partial charge on any atom is -0.378 e. The van der Waals surface area contributed by atoms with Crippen molar-refractivity contribution in [2.75, 3.05) is 19.8 Å². The third-order valence-corrected chi connectivity index (χ3v) is 2.75. The maximum atomic E-state index is 13.5. The molecule has 0 amide bonds. The molecule has 0 aliphatic carbocycles. The highest BCUT2D eigenvalue weighted by Crippen LogP contribution is 2.22. The molecular formula is C10H12BrClFNO. The molecule has 1 atom stereocenters. The maximum Gasteiger partial charge on any atom is 0.129 e. The second-order valence-corrected chi connectivity index (χ2v) is 4.16. The van der Waals surface area contributed by atoms with Gasteiger partial charge < -0.3 is 10.1 Å². The van der Waals surface area contributed by atoms with Gasteiger partial charge in [-0.2, -0.15) is 0 Å². The van der Waals surface area contributed by atoms with Crippen molar-refractivity contribution in [2.45, 2.75) is 6.04 Å². The van der Waals surface area contributed by atoms with Gasteiger partial charge in [-0.05, 0) is 12.1 Å². The third-order valence-electron chi connectivity index (χ3n) is 2.26. The number of hydrogen-bond acceptors (Lipinski definition) is 2. The Labute approximate surface area is 103 Å².